The van der Waals surface area contributed by atoms with Crippen LogP contribution in [0.4, 0.5) is 18.9 Å². The molecule has 152 valence electrons. The first-order valence-corrected chi connectivity index (χ1v) is 8.78. The number of nitrogens with zero attached hydrogens (tertiary/aromatic N) is 2. The highest BCUT2D eigenvalue weighted by Gasteiger charge is 2.37. The third-order valence-corrected chi connectivity index (χ3v) is 4.48. The zero-order chi connectivity index (χ0) is 21.3. The van der Waals surface area contributed by atoms with Crippen LogP contribution in [0, 0.1) is 5.41 Å². The highest BCUT2D eigenvalue weighted by Crippen LogP contribution is 2.24. The number of alkyl halides is 3. The SMILES string of the molecule is CNc1cc(Cl)ccc1C(=N)c1cnc2[nH]cc(C(=O)NC(C)C(F)(F)F)c2n1. The summed E-state index contributed by atoms with van der Waals surface area (Å²) in [7, 11) is 1.67. The highest BCUT2D eigenvalue weighted by atomic mass is 35.5. The zero-order valence-corrected chi connectivity index (χ0v) is 16.0. The number of hydrogen-bond donors (Lipinski definition) is 4. The Morgan fingerprint density at radius 1 is 1.31 bits per heavy atom. The number of H-pyrrole nitrogens is 1. The fraction of sp³-hybridized carbons (Fsp3) is 0.222. The van der Waals surface area contributed by atoms with Crippen LogP contribution in [-0.4, -0.2) is 45.8 Å². The van der Waals surface area contributed by atoms with E-state index in [9.17, 15) is 18.0 Å². The van der Waals surface area contributed by atoms with E-state index < -0.39 is 18.1 Å². The van der Waals surface area contributed by atoms with E-state index in [2.05, 4.69) is 20.3 Å². The maximum Gasteiger partial charge on any atom is 0.408 e. The number of anilines is 1. The molecular weight excluding hydrogens is 409 g/mol. The predicted molar refractivity (Wildman–Crippen MR) is 104 cm³/mol. The van der Waals surface area contributed by atoms with E-state index in [1.807, 2.05) is 5.32 Å². The van der Waals surface area contributed by atoms with Crippen molar-refractivity contribution in [2.24, 2.45) is 0 Å². The standard InChI is InChI=1S/C18H16ClF3N6O/c1-8(18(20,21)22)27-17(29)11-6-25-16-15(11)28-13(7-26-16)14(23)10-4-3-9(19)5-12(10)24-2/h3-8,23-24H,1-2H3,(H,25,26)(H,27,29). The van der Waals surface area contributed by atoms with Crippen molar-refractivity contribution in [2.45, 2.75) is 19.1 Å². The second-order valence-corrected chi connectivity index (χ2v) is 6.64. The molecule has 11 heteroatoms. The van der Waals surface area contributed by atoms with Crippen molar-refractivity contribution < 1.29 is 18.0 Å². The van der Waals surface area contributed by atoms with E-state index in [-0.39, 0.29) is 28.1 Å². The fourth-order valence-electron chi connectivity index (χ4n) is 2.62. The number of amides is 1. The second-order valence-electron chi connectivity index (χ2n) is 6.21. The topological polar surface area (TPSA) is 107 Å². The Hall–Kier alpha value is -3.14. The molecule has 0 fully saturated rings. The van der Waals surface area contributed by atoms with E-state index in [1.165, 1.54) is 12.4 Å². The molecule has 0 radical (unpaired) electrons. The van der Waals surface area contributed by atoms with Crippen LogP contribution in [0.15, 0.2) is 30.6 Å². The van der Waals surface area contributed by atoms with Crippen molar-refractivity contribution in [1.82, 2.24) is 20.3 Å². The minimum atomic E-state index is -4.57. The molecule has 0 aliphatic heterocycles. The monoisotopic (exact) mass is 424 g/mol. The average Bonchev–Trinajstić information content (AvgIpc) is 3.09. The molecule has 0 aliphatic carbocycles. The van der Waals surface area contributed by atoms with Gasteiger partial charge in [-0.3, -0.25) is 10.2 Å². The average molecular weight is 425 g/mol. The van der Waals surface area contributed by atoms with Crippen LogP contribution >= 0.6 is 11.6 Å². The van der Waals surface area contributed by atoms with Crippen LogP contribution in [0.3, 0.4) is 0 Å². The van der Waals surface area contributed by atoms with E-state index in [0.29, 0.717) is 16.3 Å². The summed E-state index contributed by atoms with van der Waals surface area (Å²) in [5.41, 5.74) is 1.44. The second kappa shape index (κ2) is 7.70. The van der Waals surface area contributed by atoms with E-state index in [0.717, 1.165) is 6.92 Å². The molecule has 1 unspecified atom stereocenters. The lowest BCUT2D eigenvalue weighted by Crippen LogP contribution is -2.43. The summed E-state index contributed by atoms with van der Waals surface area (Å²) in [5, 5.41) is 13.7. The number of fused-ring (bicyclic) bond motifs is 1. The van der Waals surface area contributed by atoms with Crippen LogP contribution in [0.2, 0.25) is 5.02 Å². The minimum Gasteiger partial charge on any atom is -0.388 e. The first-order chi connectivity index (χ1) is 13.6. The van der Waals surface area contributed by atoms with Gasteiger partial charge >= 0.3 is 6.18 Å². The number of hydrogen-bond acceptors (Lipinski definition) is 5. The molecule has 1 atom stereocenters. The van der Waals surface area contributed by atoms with Gasteiger partial charge in [-0.2, -0.15) is 13.2 Å². The summed E-state index contributed by atoms with van der Waals surface area (Å²) in [6, 6.07) is 2.87. The van der Waals surface area contributed by atoms with Gasteiger partial charge in [-0.15, -0.1) is 0 Å². The number of carbonyl (C=O) groups excluding carboxylic acids is 1. The summed E-state index contributed by atoms with van der Waals surface area (Å²) in [6.45, 7) is 0.847. The molecule has 0 spiro atoms. The predicted octanol–water partition coefficient (Wildman–Crippen LogP) is 3.75. The lowest BCUT2D eigenvalue weighted by atomic mass is 10.1. The normalized spacial score (nSPS) is 12.6. The highest BCUT2D eigenvalue weighted by molar-refractivity contribution is 6.31. The molecule has 0 bridgehead atoms. The number of halogens is 4. The molecule has 4 N–H and O–H groups in total. The Labute approximate surface area is 168 Å². The number of benzene rings is 1. The quantitative estimate of drug-likeness (QED) is 0.468. The van der Waals surface area contributed by atoms with Gasteiger partial charge in [0.2, 0.25) is 0 Å². The minimum absolute atomic E-state index is 0.0108. The van der Waals surface area contributed by atoms with Crippen LogP contribution < -0.4 is 10.6 Å². The number of aromatic nitrogens is 3. The molecule has 2 heterocycles. The van der Waals surface area contributed by atoms with Gasteiger partial charge in [0.15, 0.2) is 5.65 Å². The molecule has 0 aliphatic rings. The molecule has 0 saturated carbocycles. The maximum absolute atomic E-state index is 12.7. The molecule has 3 aromatic rings. The third-order valence-electron chi connectivity index (χ3n) is 4.24. The van der Waals surface area contributed by atoms with E-state index in [4.69, 9.17) is 17.0 Å². The number of rotatable bonds is 5. The van der Waals surface area contributed by atoms with Gasteiger partial charge in [-0.05, 0) is 25.1 Å². The summed E-state index contributed by atoms with van der Waals surface area (Å²) < 4.78 is 38.2. The van der Waals surface area contributed by atoms with Crippen molar-refractivity contribution in [2.75, 3.05) is 12.4 Å². The largest absolute Gasteiger partial charge is 0.408 e. The van der Waals surface area contributed by atoms with Gasteiger partial charge in [0.25, 0.3) is 5.91 Å². The Kier molecular flexibility index (Phi) is 5.47. The lowest BCUT2D eigenvalue weighted by Gasteiger charge is -2.16. The first kappa shape index (κ1) is 20.6. The zero-order valence-electron chi connectivity index (χ0n) is 15.3. The molecule has 1 amide bonds. The smallest absolute Gasteiger partial charge is 0.388 e. The Balaban J connectivity index is 1.97. The Morgan fingerprint density at radius 3 is 2.69 bits per heavy atom. The van der Waals surface area contributed by atoms with Crippen molar-refractivity contribution in [1.29, 1.82) is 5.41 Å². The van der Waals surface area contributed by atoms with Gasteiger partial charge in [0.1, 0.15) is 17.3 Å². The molecule has 29 heavy (non-hydrogen) atoms. The van der Waals surface area contributed by atoms with Gasteiger partial charge in [-0.25, -0.2) is 9.97 Å². The Morgan fingerprint density at radius 2 is 2.03 bits per heavy atom. The van der Waals surface area contributed by atoms with Crippen LogP contribution in [0.25, 0.3) is 11.2 Å². The molecular formula is C18H16ClF3N6O. The number of aromatic amines is 1. The maximum atomic E-state index is 12.7. The number of nitrogens with one attached hydrogen (secondary N) is 4. The molecule has 7 nitrogen and oxygen atoms in total. The van der Waals surface area contributed by atoms with E-state index in [1.54, 1.807) is 25.2 Å². The summed E-state index contributed by atoms with van der Waals surface area (Å²) in [5.74, 6) is -0.943. The van der Waals surface area contributed by atoms with Gasteiger partial charge in [0, 0.05) is 29.5 Å². The van der Waals surface area contributed by atoms with Gasteiger partial charge < -0.3 is 15.6 Å². The summed E-state index contributed by atoms with van der Waals surface area (Å²) in [4.78, 5) is 23.4. The Bertz CT molecular complexity index is 1090. The molecule has 1 aromatic carbocycles. The van der Waals surface area contributed by atoms with Crippen LogP contribution in [0.5, 0.6) is 0 Å². The first-order valence-electron chi connectivity index (χ1n) is 8.40. The van der Waals surface area contributed by atoms with Crippen molar-refractivity contribution >= 4 is 40.1 Å². The van der Waals surface area contributed by atoms with Gasteiger partial charge in [0.05, 0.1) is 17.5 Å². The third kappa shape index (κ3) is 4.16. The van der Waals surface area contributed by atoms with Crippen molar-refractivity contribution in [3.63, 3.8) is 0 Å². The number of carbonyl (C=O) groups is 1. The fourth-order valence-corrected chi connectivity index (χ4v) is 2.79. The van der Waals surface area contributed by atoms with Crippen LogP contribution in [0.1, 0.15) is 28.5 Å². The molecule has 0 saturated heterocycles. The molecule has 2 aromatic heterocycles. The molecule has 3 rings (SSSR count). The summed E-state index contributed by atoms with van der Waals surface area (Å²) in [6.07, 6.45) is -1.99. The van der Waals surface area contributed by atoms with Crippen molar-refractivity contribution in [3.05, 3.63) is 52.4 Å². The lowest BCUT2D eigenvalue weighted by molar-refractivity contribution is -0.149. The van der Waals surface area contributed by atoms with E-state index >= 15 is 0 Å². The van der Waals surface area contributed by atoms with Gasteiger partial charge in [-0.1, -0.05) is 11.6 Å². The van der Waals surface area contributed by atoms with Crippen molar-refractivity contribution in [3.8, 4) is 0 Å². The summed E-state index contributed by atoms with van der Waals surface area (Å²) >= 11 is 5.97. The van der Waals surface area contributed by atoms with Crippen LogP contribution in [-0.2, 0) is 0 Å².